The van der Waals surface area contributed by atoms with Gasteiger partial charge in [0.15, 0.2) is 0 Å². The summed E-state index contributed by atoms with van der Waals surface area (Å²) >= 11 is 0. The van der Waals surface area contributed by atoms with Crippen LogP contribution in [-0.4, -0.2) is 11.1 Å². The van der Waals surface area contributed by atoms with Crippen LogP contribution < -0.4 is 4.74 Å². The van der Waals surface area contributed by atoms with Crippen molar-refractivity contribution < 1.29 is 27.8 Å². The maximum absolute atomic E-state index is 13.0. The van der Waals surface area contributed by atoms with Gasteiger partial charge >= 0.3 is 12.1 Å². The highest BCUT2D eigenvalue weighted by Crippen LogP contribution is 2.46. The van der Waals surface area contributed by atoms with Crippen molar-refractivity contribution >= 4 is 12.0 Å². The SMILES string of the molecule is CC1(C)CCC(C)(C)c2cc(C(C=Cc3ccc(C(=O)O)cc3)Oc3ccc(C(F)(F)F)cc3)ccc21. The van der Waals surface area contributed by atoms with E-state index in [1.807, 2.05) is 18.2 Å². The molecular formula is C31H31F3O3. The Balaban J connectivity index is 1.71. The third-order valence-electron chi connectivity index (χ3n) is 7.27. The second kappa shape index (κ2) is 9.73. The Kier molecular flexibility index (Phi) is 6.97. The summed E-state index contributed by atoms with van der Waals surface area (Å²) in [5.41, 5.74) is 3.71. The molecule has 0 saturated carbocycles. The smallest absolute Gasteiger partial charge is 0.416 e. The van der Waals surface area contributed by atoms with Gasteiger partial charge in [-0.2, -0.15) is 13.2 Å². The molecule has 3 nitrogen and oxygen atoms in total. The molecule has 194 valence electrons. The fraction of sp³-hybridized carbons (Fsp3) is 0.323. The standard InChI is InChI=1S/C31H31F3O3/c1-29(2)17-18-30(3,4)26-19-22(10-15-25(26)29)27(16-7-20-5-8-21(9-6-20)28(35)36)37-24-13-11-23(12-14-24)31(32,33)34/h5-16,19,27H,17-18H2,1-4H3,(H,35,36). The number of ether oxygens (including phenoxy) is 1. The lowest BCUT2D eigenvalue weighted by Crippen LogP contribution is -2.34. The highest BCUT2D eigenvalue weighted by Gasteiger charge is 2.37. The first-order chi connectivity index (χ1) is 17.3. The Bertz CT molecular complexity index is 1300. The van der Waals surface area contributed by atoms with Gasteiger partial charge in [-0.25, -0.2) is 4.79 Å². The second-order valence-electron chi connectivity index (χ2n) is 10.9. The van der Waals surface area contributed by atoms with Gasteiger partial charge in [0.25, 0.3) is 0 Å². The maximum Gasteiger partial charge on any atom is 0.416 e. The van der Waals surface area contributed by atoms with E-state index in [-0.39, 0.29) is 16.4 Å². The molecule has 3 aromatic carbocycles. The summed E-state index contributed by atoms with van der Waals surface area (Å²) in [6.45, 7) is 8.96. The van der Waals surface area contributed by atoms with E-state index in [1.54, 1.807) is 12.1 Å². The lowest BCUT2D eigenvalue weighted by Gasteiger charge is -2.42. The number of hydrogen-bond acceptors (Lipinski definition) is 2. The molecule has 4 rings (SSSR count). The van der Waals surface area contributed by atoms with Crippen molar-refractivity contribution in [3.63, 3.8) is 0 Å². The topological polar surface area (TPSA) is 46.5 Å². The van der Waals surface area contributed by atoms with E-state index >= 15 is 0 Å². The Hall–Kier alpha value is -3.54. The fourth-order valence-corrected chi connectivity index (χ4v) is 4.81. The van der Waals surface area contributed by atoms with E-state index in [2.05, 4.69) is 39.8 Å². The molecule has 0 radical (unpaired) electrons. The summed E-state index contributed by atoms with van der Waals surface area (Å²) in [7, 11) is 0. The number of rotatable bonds is 6. The number of halogens is 3. The fourth-order valence-electron chi connectivity index (χ4n) is 4.81. The van der Waals surface area contributed by atoms with Gasteiger partial charge in [0.05, 0.1) is 11.1 Å². The number of alkyl halides is 3. The Morgan fingerprint density at radius 2 is 1.49 bits per heavy atom. The first-order valence-electron chi connectivity index (χ1n) is 12.3. The number of carbonyl (C=O) groups is 1. The quantitative estimate of drug-likeness (QED) is 0.363. The molecule has 0 saturated heterocycles. The molecule has 0 aromatic heterocycles. The molecule has 6 heteroatoms. The van der Waals surface area contributed by atoms with Crippen molar-refractivity contribution in [2.45, 2.75) is 63.6 Å². The third-order valence-corrected chi connectivity index (χ3v) is 7.27. The predicted molar refractivity (Wildman–Crippen MR) is 139 cm³/mol. The first-order valence-corrected chi connectivity index (χ1v) is 12.3. The van der Waals surface area contributed by atoms with Crippen LogP contribution in [0.3, 0.4) is 0 Å². The van der Waals surface area contributed by atoms with Gasteiger partial charge in [-0.05, 0) is 88.4 Å². The summed E-state index contributed by atoms with van der Waals surface area (Å²) in [4.78, 5) is 11.2. The summed E-state index contributed by atoms with van der Waals surface area (Å²) in [6, 6.07) is 17.5. The Morgan fingerprint density at radius 3 is 2.05 bits per heavy atom. The van der Waals surface area contributed by atoms with E-state index < -0.39 is 23.8 Å². The minimum Gasteiger partial charge on any atom is -0.482 e. The zero-order chi connectivity index (χ0) is 27.0. The van der Waals surface area contributed by atoms with Crippen LogP contribution in [0.4, 0.5) is 13.2 Å². The second-order valence-corrected chi connectivity index (χ2v) is 10.9. The van der Waals surface area contributed by atoms with Crippen LogP contribution in [0, 0.1) is 0 Å². The van der Waals surface area contributed by atoms with E-state index in [4.69, 9.17) is 9.84 Å². The third kappa shape index (κ3) is 5.90. The lowest BCUT2D eigenvalue weighted by atomic mass is 9.63. The highest BCUT2D eigenvalue weighted by molar-refractivity contribution is 5.87. The number of fused-ring (bicyclic) bond motifs is 1. The van der Waals surface area contributed by atoms with E-state index in [9.17, 15) is 18.0 Å². The average Bonchev–Trinajstić information content (AvgIpc) is 2.84. The van der Waals surface area contributed by atoms with Crippen LogP contribution in [0.25, 0.3) is 6.08 Å². The molecule has 0 aliphatic heterocycles. The van der Waals surface area contributed by atoms with Gasteiger partial charge in [-0.3, -0.25) is 0 Å². The molecule has 0 heterocycles. The van der Waals surface area contributed by atoms with Crippen molar-refractivity contribution in [1.29, 1.82) is 0 Å². The molecule has 0 amide bonds. The van der Waals surface area contributed by atoms with Crippen molar-refractivity contribution in [2.75, 3.05) is 0 Å². The first kappa shape index (κ1) is 26.5. The molecular weight excluding hydrogens is 477 g/mol. The zero-order valence-corrected chi connectivity index (χ0v) is 21.4. The number of hydrogen-bond donors (Lipinski definition) is 1. The summed E-state index contributed by atoms with van der Waals surface area (Å²) < 4.78 is 45.3. The van der Waals surface area contributed by atoms with E-state index in [0.29, 0.717) is 5.75 Å². The number of carboxylic acids is 1. The number of carboxylic acid groups (broad SMARTS) is 1. The molecule has 1 atom stereocenters. The normalized spacial score (nSPS) is 17.3. The van der Waals surface area contributed by atoms with Gasteiger partial charge in [0, 0.05) is 0 Å². The summed E-state index contributed by atoms with van der Waals surface area (Å²) in [5, 5.41) is 9.14. The zero-order valence-electron chi connectivity index (χ0n) is 21.4. The monoisotopic (exact) mass is 508 g/mol. The highest BCUT2D eigenvalue weighted by atomic mass is 19.4. The van der Waals surface area contributed by atoms with Crippen LogP contribution in [-0.2, 0) is 17.0 Å². The van der Waals surface area contributed by atoms with Gasteiger partial charge in [0.2, 0.25) is 0 Å². The van der Waals surface area contributed by atoms with Crippen LogP contribution in [0.15, 0.2) is 72.8 Å². The maximum atomic E-state index is 13.0. The number of aromatic carboxylic acids is 1. The molecule has 1 aliphatic carbocycles. The molecule has 1 unspecified atom stereocenters. The van der Waals surface area contributed by atoms with E-state index in [1.165, 1.54) is 35.4 Å². The van der Waals surface area contributed by atoms with Crippen LogP contribution in [0.5, 0.6) is 5.75 Å². The van der Waals surface area contributed by atoms with Gasteiger partial charge in [-0.1, -0.05) is 64.1 Å². The molecule has 37 heavy (non-hydrogen) atoms. The summed E-state index contributed by atoms with van der Waals surface area (Å²) in [6.07, 6.45) is 0.820. The average molecular weight is 509 g/mol. The molecule has 0 bridgehead atoms. The van der Waals surface area contributed by atoms with E-state index in [0.717, 1.165) is 36.1 Å². The predicted octanol–water partition coefficient (Wildman–Crippen LogP) is 8.59. The van der Waals surface area contributed by atoms with Crippen molar-refractivity contribution in [2.24, 2.45) is 0 Å². The number of benzene rings is 3. The van der Waals surface area contributed by atoms with Gasteiger partial charge in [0.1, 0.15) is 11.9 Å². The van der Waals surface area contributed by atoms with Gasteiger partial charge in [-0.15, -0.1) is 0 Å². The Labute approximate surface area is 215 Å². The summed E-state index contributed by atoms with van der Waals surface area (Å²) in [5.74, 6) is -0.681. The van der Waals surface area contributed by atoms with Crippen molar-refractivity contribution in [3.8, 4) is 5.75 Å². The van der Waals surface area contributed by atoms with Crippen LogP contribution in [0.2, 0.25) is 0 Å². The lowest BCUT2D eigenvalue weighted by molar-refractivity contribution is -0.137. The largest absolute Gasteiger partial charge is 0.482 e. The molecule has 3 aromatic rings. The molecule has 1 aliphatic rings. The molecule has 0 spiro atoms. The molecule has 1 N–H and O–H groups in total. The Morgan fingerprint density at radius 1 is 0.892 bits per heavy atom. The van der Waals surface area contributed by atoms with Crippen molar-refractivity contribution in [1.82, 2.24) is 0 Å². The minimum absolute atomic E-state index is 0.0177. The van der Waals surface area contributed by atoms with Crippen LogP contribution >= 0.6 is 0 Å². The minimum atomic E-state index is -4.42. The van der Waals surface area contributed by atoms with Gasteiger partial charge < -0.3 is 9.84 Å². The van der Waals surface area contributed by atoms with Crippen molar-refractivity contribution in [3.05, 3.63) is 106 Å². The van der Waals surface area contributed by atoms with Crippen LogP contribution in [0.1, 0.15) is 84.8 Å². The molecule has 0 fully saturated rings.